The van der Waals surface area contributed by atoms with E-state index in [0.29, 0.717) is 0 Å². The largest absolute Gasteiger partial charge is 0.388 e. The van der Waals surface area contributed by atoms with Crippen molar-refractivity contribution in [3.8, 4) is 0 Å². The molecule has 0 saturated heterocycles. The number of aromatic nitrogens is 2. The molecule has 0 atom stereocenters. The highest BCUT2D eigenvalue weighted by atomic mass is 32.2. The summed E-state index contributed by atoms with van der Waals surface area (Å²) < 4.78 is 27.1. The van der Waals surface area contributed by atoms with E-state index in [9.17, 15) is 8.42 Å². The second-order valence-electron chi connectivity index (χ2n) is 3.90. The first-order chi connectivity index (χ1) is 9.42. The quantitative estimate of drug-likeness (QED) is 0.793. The average molecular weight is 328 g/mol. The van der Waals surface area contributed by atoms with E-state index in [2.05, 4.69) is 14.7 Å². The molecule has 0 bridgehead atoms. The number of pyridine rings is 1. The molecule has 9 heteroatoms. The molecule has 2 aromatic heterocycles. The van der Waals surface area contributed by atoms with Crippen molar-refractivity contribution < 1.29 is 8.42 Å². The number of thiocarbonyl (C=S) groups is 1. The molecule has 0 aromatic carbocycles. The Labute approximate surface area is 126 Å². The third kappa shape index (κ3) is 3.18. The molecule has 0 spiro atoms. The first kappa shape index (κ1) is 15.0. The lowest BCUT2D eigenvalue weighted by atomic mass is 10.3. The Bertz CT molecular complexity index is 740. The number of nitrogens with two attached hydrogens (primary N) is 1. The van der Waals surface area contributed by atoms with E-state index >= 15 is 0 Å². The second kappa shape index (κ2) is 5.92. The number of hydrogen-bond acceptors (Lipinski definition) is 6. The fraction of sp³-hybridized carbons (Fsp3) is 0.182. The van der Waals surface area contributed by atoms with Crippen molar-refractivity contribution in [2.45, 2.75) is 18.4 Å². The minimum absolute atomic E-state index is 0.0188. The van der Waals surface area contributed by atoms with E-state index in [-0.39, 0.29) is 22.1 Å². The van der Waals surface area contributed by atoms with Gasteiger partial charge in [0.05, 0.1) is 11.2 Å². The minimum Gasteiger partial charge on any atom is -0.388 e. The maximum Gasteiger partial charge on any atom is 0.243 e. The monoisotopic (exact) mass is 328 g/mol. The predicted octanol–water partition coefficient (Wildman–Crippen LogP) is 0.959. The van der Waals surface area contributed by atoms with Crippen LogP contribution in [0.15, 0.2) is 28.7 Å². The molecule has 0 fully saturated rings. The summed E-state index contributed by atoms with van der Waals surface area (Å²) in [6.07, 6.45) is 1.45. The van der Waals surface area contributed by atoms with Gasteiger partial charge >= 0.3 is 0 Å². The van der Waals surface area contributed by atoms with Crippen LogP contribution in [0.5, 0.6) is 0 Å². The summed E-state index contributed by atoms with van der Waals surface area (Å²) in [7, 11) is -3.73. The van der Waals surface area contributed by atoms with Crippen molar-refractivity contribution in [2.24, 2.45) is 5.73 Å². The van der Waals surface area contributed by atoms with Gasteiger partial charge in [-0.2, -0.15) is 0 Å². The number of aryl methyl sites for hydroxylation is 1. The van der Waals surface area contributed by atoms with Gasteiger partial charge < -0.3 is 5.73 Å². The van der Waals surface area contributed by atoms with Gasteiger partial charge in [-0.1, -0.05) is 12.2 Å². The standard InChI is InChI=1S/C11H12N4O2S3/c1-7-8(19-6-14-7)5-15-20(16,17)9-3-2-4-13-10(9)11(12)18/h2-4,6,15H,5H2,1H3,(H2,12,18). The van der Waals surface area contributed by atoms with Gasteiger partial charge in [0.15, 0.2) is 0 Å². The Morgan fingerprint density at radius 2 is 2.25 bits per heavy atom. The molecular weight excluding hydrogens is 316 g/mol. The van der Waals surface area contributed by atoms with Gasteiger partial charge in [-0.15, -0.1) is 11.3 Å². The fourth-order valence-corrected chi connectivity index (χ4v) is 3.73. The molecule has 106 valence electrons. The molecule has 2 aromatic rings. The highest BCUT2D eigenvalue weighted by molar-refractivity contribution is 7.89. The van der Waals surface area contributed by atoms with E-state index in [1.807, 2.05) is 6.92 Å². The summed E-state index contributed by atoms with van der Waals surface area (Å²) >= 11 is 6.21. The number of thiazole rings is 1. The lowest BCUT2D eigenvalue weighted by molar-refractivity contribution is 0.581. The molecule has 0 amide bonds. The van der Waals surface area contributed by atoms with Crippen LogP contribution in [0.1, 0.15) is 16.3 Å². The average Bonchev–Trinajstić information content (AvgIpc) is 2.82. The van der Waals surface area contributed by atoms with Crippen LogP contribution < -0.4 is 10.5 Å². The van der Waals surface area contributed by atoms with Gasteiger partial charge in [0.1, 0.15) is 15.6 Å². The zero-order valence-corrected chi connectivity index (χ0v) is 13.0. The number of nitrogens with zero attached hydrogens (tertiary/aromatic N) is 2. The van der Waals surface area contributed by atoms with E-state index < -0.39 is 10.0 Å². The fourth-order valence-electron chi connectivity index (χ4n) is 1.53. The van der Waals surface area contributed by atoms with Crippen molar-refractivity contribution in [2.75, 3.05) is 0 Å². The first-order valence-corrected chi connectivity index (χ1v) is 8.32. The number of rotatable bonds is 5. The van der Waals surface area contributed by atoms with Crippen LogP contribution in [-0.4, -0.2) is 23.4 Å². The van der Waals surface area contributed by atoms with Gasteiger partial charge in [-0.3, -0.25) is 4.98 Å². The van der Waals surface area contributed by atoms with Crippen molar-refractivity contribution in [3.05, 3.63) is 40.1 Å². The summed E-state index contributed by atoms with van der Waals surface area (Å²) in [6, 6.07) is 2.94. The molecule has 6 nitrogen and oxygen atoms in total. The van der Waals surface area contributed by atoms with Crippen molar-refractivity contribution >= 4 is 38.6 Å². The summed E-state index contributed by atoms with van der Waals surface area (Å²) in [4.78, 5) is 8.76. The molecular formula is C11H12N4O2S3. The lowest BCUT2D eigenvalue weighted by Gasteiger charge is -2.09. The van der Waals surface area contributed by atoms with Crippen LogP contribution in [-0.2, 0) is 16.6 Å². The zero-order valence-electron chi connectivity index (χ0n) is 10.5. The van der Waals surface area contributed by atoms with Crippen molar-refractivity contribution in [3.63, 3.8) is 0 Å². The predicted molar refractivity (Wildman–Crippen MR) is 81.0 cm³/mol. The molecule has 2 rings (SSSR count). The zero-order chi connectivity index (χ0) is 14.8. The highest BCUT2D eigenvalue weighted by Gasteiger charge is 2.20. The van der Waals surface area contributed by atoms with Crippen molar-refractivity contribution in [1.29, 1.82) is 0 Å². The topological polar surface area (TPSA) is 98.0 Å². The number of nitrogens with one attached hydrogen (secondary N) is 1. The third-order valence-corrected chi connectivity index (χ3v) is 5.12. The lowest BCUT2D eigenvalue weighted by Crippen LogP contribution is -2.26. The van der Waals surface area contributed by atoms with Crippen LogP contribution in [0.4, 0.5) is 0 Å². The molecule has 3 N–H and O–H groups in total. The van der Waals surface area contributed by atoms with Gasteiger partial charge in [-0.25, -0.2) is 18.1 Å². The Kier molecular flexibility index (Phi) is 4.43. The van der Waals surface area contributed by atoms with Crippen molar-refractivity contribution in [1.82, 2.24) is 14.7 Å². The Morgan fingerprint density at radius 3 is 2.85 bits per heavy atom. The molecule has 0 aliphatic rings. The summed E-state index contributed by atoms with van der Waals surface area (Å²) in [5.74, 6) is 0. The SMILES string of the molecule is Cc1ncsc1CNS(=O)(=O)c1cccnc1C(N)=S. The van der Waals surface area contributed by atoms with E-state index in [1.54, 1.807) is 5.51 Å². The van der Waals surface area contributed by atoms with Crippen LogP contribution in [0.25, 0.3) is 0 Å². The normalized spacial score (nSPS) is 11.4. The van der Waals surface area contributed by atoms with Crippen LogP contribution in [0, 0.1) is 6.92 Å². The molecule has 0 unspecified atom stereocenters. The van der Waals surface area contributed by atoms with Gasteiger partial charge in [-0.05, 0) is 19.1 Å². The maximum absolute atomic E-state index is 12.3. The molecule has 2 heterocycles. The molecule has 0 aliphatic heterocycles. The Morgan fingerprint density at radius 1 is 1.50 bits per heavy atom. The third-order valence-electron chi connectivity index (χ3n) is 2.56. The molecule has 20 heavy (non-hydrogen) atoms. The molecule has 0 radical (unpaired) electrons. The summed E-state index contributed by atoms with van der Waals surface area (Å²) in [6.45, 7) is 2.00. The number of sulfonamides is 1. The smallest absolute Gasteiger partial charge is 0.243 e. The first-order valence-electron chi connectivity index (χ1n) is 5.55. The Balaban J connectivity index is 2.27. The van der Waals surface area contributed by atoms with Gasteiger partial charge in [0.2, 0.25) is 10.0 Å². The van der Waals surface area contributed by atoms with Crippen LogP contribution in [0.3, 0.4) is 0 Å². The van der Waals surface area contributed by atoms with Crippen LogP contribution in [0.2, 0.25) is 0 Å². The highest BCUT2D eigenvalue weighted by Crippen LogP contribution is 2.16. The van der Waals surface area contributed by atoms with E-state index in [1.165, 1.54) is 29.7 Å². The molecule has 0 aliphatic carbocycles. The van der Waals surface area contributed by atoms with E-state index in [4.69, 9.17) is 18.0 Å². The van der Waals surface area contributed by atoms with Crippen LogP contribution >= 0.6 is 23.6 Å². The summed E-state index contributed by atoms with van der Waals surface area (Å²) in [5, 5.41) is 0. The summed E-state index contributed by atoms with van der Waals surface area (Å²) in [5.41, 5.74) is 8.06. The maximum atomic E-state index is 12.3. The molecule has 0 saturated carbocycles. The van der Waals surface area contributed by atoms with Gasteiger partial charge in [0, 0.05) is 17.6 Å². The Hall–Kier alpha value is -1.42. The van der Waals surface area contributed by atoms with Gasteiger partial charge in [0.25, 0.3) is 0 Å². The van der Waals surface area contributed by atoms with E-state index in [0.717, 1.165) is 10.6 Å². The number of hydrogen-bond donors (Lipinski definition) is 2. The second-order valence-corrected chi connectivity index (χ2v) is 7.01. The minimum atomic E-state index is -3.73.